The molecule has 1 saturated heterocycles. The third kappa shape index (κ3) is 4.23. The van der Waals surface area contributed by atoms with E-state index in [4.69, 9.17) is 10.8 Å². The Morgan fingerprint density at radius 1 is 1.21 bits per heavy atom. The van der Waals surface area contributed by atoms with E-state index in [1.807, 2.05) is 27.8 Å². The molecule has 5 rings (SSSR count). The number of likely N-dealkylation sites (N-methyl/N-ethyl adjacent to an activating group) is 1. The van der Waals surface area contributed by atoms with E-state index >= 15 is 0 Å². The van der Waals surface area contributed by atoms with Crippen LogP contribution in [-0.2, 0) is 4.79 Å². The molecule has 2 aromatic heterocycles. The van der Waals surface area contributed by atoms with Crippen LogP contribution in [0.5, 0.6) is 0 Å². The molecule has 3 heterocycles. The first-order valence-electron chi connectivity index (χ1n) is 11.7. The van der Waals surface area contributed by atoms with Crippen LogP contribution >= 0.6 is 0 Å². The standard InChI is InChI=1S/C25H31N7O/c1-17-8-10-18(11-9-17)23-22-24(26)27-16-28-25(22)32(29-23)20-12-14-31(15-20)21(33)7-4-13-30(2)19-5-3-6-19/h4,7-11,16,19-20H,3,5-6,12-15H2,1-2H3,(H2,26,27,28)/t20-/m1/s1. The minimum absolute atomic E-state index is 0.0519. The number of likely N-dealkylation sites (tertiary alicyclic amines) is 1. The largest absolute Gasteiger partial charge is 0.383 e. The Morgan fingerprint density at radius 3 is 2.73 bits per heavy atom. The summed E-state index contributed by atoms with van der Waals surface area (Å²) in [5.74, 6) is 0.482. The molecule has 33 heavy (non-hydrogen) atoms. The van der Waals surface area contributed by atoms with Gasteiger partial charge < -0.3 is 10.6 Å². The monoisotopic (exact) mass is 445 g/mol. The molecule has 1 amide bonds. The van der Waals surface area contributed by atoms with Crippen molar-refractivity contribution in [1.82, 2.24) is 29.5 Å². The Balaban J connectivity index is 1.34. The Kier molecular flexibility index (Phi) is 5.85. The molecule has 172 valence electrons. The van der Waals surface area contributed by atoms with Gasteiger partial charge in [-0.15, -0.1) is 0 Å². The summed E-state index contributed by atoms with van der Waals surface area (Å²) in [4.78, 5) is 25.7. The maximum absolute atomic E-state index is 12.8. The summed E-state index contributed by atoms with van der Waals surface area (Å²) in [6, 6.07) is 8.94. The summed E-state index contributed by atoms with van der Waals surface area (Å²) in [7, 11) is 2.13. The quantitative estimate of drug-likeness (QED) is 0.586. The number of carbonyl (C=O) groups is 1. The maximum Gasteiger partial charge on any atom is 0.246 e. The average Bonchev–Trinajstić information content (AvgIpc) is 3.39. The molecule has 0 radical (unpaired) electrons. The number of aromatic nitrogens is 4. The van der Waals surface area contributed by atoms with Gasteiger partial charge in [-0.05, 0) is 33.2 Å². The molecule has 0 bridgehead atoms. The Labute approximate surface area is 194 Å². The van der Waals surface area contributed by atoms with Crippen molar-refractivity contribution in [2.24, 2.45) is 0 Å². The second kappa shape index (κ2) is 8.94. The molecule has 2 fully saturated rings. The molecule has 1 aliphatic heterocycles. The van der Waals surface area contributed by atoms with Gasteiger partial charge in [-0.1, -0.05) is 42.3 Å². The fourth-order valence-corrected chi connectivity index (χ4v) is 4.71. The Bertz CT molecular complexity index is 1180. The molecule has 3 aromatic rings. The van der Waals surface area contributed by atoms with Crippen LogP contribution in [0.15, 0.2) is 42.7 Å². The smallest absolute Gasteiger partial charge is 0.246 e. The van der Waals surface area contributed by atoms with Gasteiger partial charge in [0.2, 0.25) is 5.91 Å². The molecule has 1 aromatic carbocycles. The average molecular weight is 446 g/mol. The van der Waals surface area contributed by atoms with Gasteiger partial charge in [0, 0.05) is 37.3 Å². The lowest BCUT2D eigenvalue weighted by atomic mass is 9.92. The van der Waals surface area contributed by atoms with E-state index in [1.54, 1.807) is 6.08 Å². The maximum atomic E-state index is 12.8. The van der Waals surface area contributed by atoms with Crippen molar-refractivity contribution in [3.8, 4) is 11.3 Å². The van der Waals surface area contributed by atoms with Crippen molar-refractivity contribution in [1.29, 1.82) is 0 Å². The fraction of sp³-hybridized carbons (Fsp3) is 0.440. The first kappa shape index (κ1) is 21.6. The topological polar surface area (TPSA) is 93.2 Å². The molecule has 2 aliphatic rings. The van der Waals surface area contributed by atoms with Crippen molar-refractivity contribution in [2.75, 3.05) is 32.4 Å². The number of rotatable bonds is 6. The van der Waals surface area contributed by atoms with E-state index in [9.17, 15) is 4.79 Å². The molecule has 0 unspecified atom stereocenters. The highest BCUT2D eigenvalue weighted by Crippen LogP contribution is 2.34. The molecule has 8 nitrogen and oxygen atoms in total. The van der Waals surface area contributed by atoms with Crippen LogP contribution in [-0.4, -0.2) is 68.2 Å². The SMILES string of the molecule is Cc1ccc(-c2nn([C@@H]3CCN(C(=O)C=CCN(C)C4CCC4)C3)c3ncnc(N)c23)cc1. The number of nitrogens with zero attached hydrogens (tertiary/aromatic N) is 6. The van der Waals surface area contributed by atoms with Crippen LogP contribution in [0.25, 0.3) is 22.3 Å². The first-order valence-corrected chi connectivity index (χ1v) is 11.7. The summed E-state index contributed by atoms with van der Waals surface area (Å²) in [5, 5.41) is 5.69. The van der Waals surface area contributed by atoms with E-state index in [0.717, 1.165) is 35.3 Å². The van der Waals surface area contributed by atoms with Gasteiger partial charge in [0.1, 0.15) is 17.8 Å². The van der Waals surface area contributed by atoms with Crippen LogP contribution in [0.3, 0.4) is 0 Å². The fourth-order valence-electron chi connectivity index (χ4n) is 4.71. The van der Waals surface area contributed by atoms with Crippen LogP contribution < -0.4 is 5.73 Å². The molecule has 1 atom stereocenters. The minimum Gasteiger partial charge on any atom is -0.383 e. The molecule has 0 spiro atoms. The number of carbonyl (C=O) groups excluding carboxylic acids is 1. The zero-order valence-electron chi connectivity index (χ0n) is 19.3. The summed E-state index contributed by atoms with van der Waals surface area (Å²) < 4.78 is 1.93. The normalized spacial score (nSPS) is 19.1. The summed E-state index contributed by atoms with van der Waals surface area (Å²) in [6.07, 6.45) is 9.86. The number of fused-ring (bicyclic) bond motifs is 1. The van der Waals surface area contributed by atoms with Crippen molar-refractivity contribution >= 4 is 22.8 Å². The zero-order chi connectivity index (χ0) is 22.9. The second-order valence-electron chi connectivity index (χ2n) is 9.27. The Hall–Kier alpha value is -3.26. The molecule has 8 heteroatoms. The van der Waals surface area contributed by atoms with Gasteiger partial charge in [-0.3, -0.25) is 9.69 Å². The highest BCUT2D eigenvalue weighted by Gasteiger charge is 2.30. The predicted molar refractivity (Wildman–Crippen MR) is 130 cm³/mol. The summed E-state index contributed by atoms with van der Waals surface area (Å²) in [6.45, 7) is 4.18. The molecule has 1 saturated carbocycles. The van der Waals surface area contributed by atoms with Crippen LogP contribution in [0, 0.1) is 6.92 Å². The number of hydrogen-bond donors (Lipinski definition) is 1. The lowest BCUT2D eigenvalue weighted by Crippen LogP contribution is -2.37. The van der Waals surface area contributed by atoms with Gasteiger partial charge in [-0.25, -0.2) is 14.6 Å². The van der Waals surface area contributed by atoms with Crippen molar-refractivity contribution in [2.45, 2.75) is 44.7 Å². The second-order valence-corrected chi connectivity index (χ2v) is 9.27. The van der Waals surface area contributed by atoms with Gasteiger partial charge in [0.25, 0.3) is 0 Å². The van der Waals surface area contributed by atoms with Gasteiger partial charge in [0.15, 0.2) is 5.65 Å². The van der Waals surface area contributed by atoms with Crippen molar-refractivity contribution in [3.63, 3.8) is 0 Å². The van der Waals surface area contributed by atoms with Crippen LogP contribution in [0.2, 0.25) is 0 Å². The zero-order valence-corrected chi connectivity index (χ0v) is 19.3. The first-order chi connectivity index (χ1) is 16.0. The third-order valence-corrected chi connectivity index (χ3v) is 7.02. The number of hydrogen-bond acceptors (Lipinski definition) is 6. The van der Waals surface area contributed by atoms with E-state index < -0.39 is 0 Å². The van der Waals surface area contributed by atoms with E-state index in [2.05, 4.69) is 41.0 Å². The summed E-state index contributed by atoms with van der Waals surface area (Å²) in [5.41, 5.74) is 9.91. The van der Waals surface area contributed by atoms with E-state index in [0.29, 0.717) is 24.9 Å². The highest BCUT2D eigenvalue weighted by molar-refractivity contribution is 5.98. The number of amides is 1. The van der Waals surface area contributed by atoms with Crippen LogP contribution in [0.1, 0.15) is 37.3 Å². The van der Waals surface area contributed by atoms with E-state index in [-0.39, 0.29) is 11.9 Å². The van der Waals surface area contributed by atoms with Crippen molar-refractivity contribution in [3.05, 3.63) is 48.3 Å². The van der Waals surface area contributed by atoms with Crippen molar-refractivity contribution < 1.29 is 4.79 Å². The number of anilines is 1. The number of nitrogens with two attached hydrogens (primary N) is 1. The predicted octanol–water partition coefficient (Wildman–Crippen LogP) is 3.20. The van der Waals surface area contributed by atoms with E-state index in [1.165, 1.54) is 31.2 Å². The van der Waals surface area contributed by atoms with Gasteiger partial charge in [0.05, 0.1) is 11.4 Å². The minimum atomic E-state index is 0.0519. The number of nitrogen functional groups attached to an aromatic ring is 1. The van der Waals surface area contributed by atoms with Gasteiger partial charge >= 0.3 is 0 Å². The van der Waals surface area contributed by atoms with Gasteiger partial charge in [-0.2, -0.15) is 5.10 Å². The third-order valence-electron chi connectivity index (χ3n) is 7.02. The van der Waals surface area contributed by atoms with Crippen LogP contribution in [0.4, 0.5) is 5.82 Å². The highest BCUT2D eigenvalue weighted by atomic mass is 16.2. The molecular weight excluding hydrogens is 414 g/mol. The lowest BCUT2D eigenvalue weighted by molar-refractivity contribution is -0.125. The molecule has 1 aliphatic carbocycles. The molecule has 2 N–H and O–H groups in total. The summed E-state index contributed by atoms with van der Waals surface area (Å²) >= 11 is 0. The number of benzene rings is 1. The lowest BCUT2D eigenvalue weighted by Gasteiger charge is -2.33. The molecular formula is C25H31N7O. The Morgan fingerprint density at radius 2 is 2.00 bits per heavy atom. The number of aryl methyl sites for hydroxylation is 1.